The summed E-state index contributed by atoms with van der Waals surface area (Å²) >= 11 is 0. The molecular weight excluding hydrogens is 285 g/mol. The average molecular weight is 296 g/mol. The van der Waals surface area contributed by atoms with Crippen molar-refractivity contribution in [1.82, 2.24) is 0 Å². The van der Waals surface area contributed by atoms with E-state index < -0.39 is 29.2 Å². The number of rotatable bonds is 2. The Kier molecular flexibility index (Phi) is 4.02. The first-order chi connectivity index (χ1) is 9.88. The lowest BCUT2D eigenvalue weighted by molar-refractivity contribution is 0.262. The maximum atomic E-state index is 13.4. The standard InChI is InChI=1S/C14H11F3N2O2/c1-7-2-5-11(20)10(6-7)19-14(21)18-9-4-3-8(15)12(16)13(9)17/h2-6,20H,1H3,(H2,18,19,21). The second-order valence-electron chi connectivity index (χ2n) is 4.32. The number of phenols is 1. The predicted molar refractivity (Wildman–Crippen MR) is 71.8 cm³/mol. The van der Waals surface area contributed by atoms with E-state index in [1.54, 1.807) is 13.0 Å². The monoisotopic (exact) mass is 296 g/mol. The predicted octanol–water partition coefficient (Wildman–Crippen LogP) is 3.76. The van der Waals surface area contributed by atoms with Gasteiger partial charge in [-0.3, -0.25) is 0 Å². The summed E-state index contributed by atoms with van der Waals surface area (Å²) < 4.78 is 39.2. The number of aromatic hydroxyl groups is 1. The van der Waals surface area contributed by atoms with Crippen LogP contribution in [-0.4, -0.2) is 11.1 Å². The van der Waals surface area contributed by atoms with Gasteiger partial charge in [-0.25, -0.2) is 18.0 Å². The topological polar surface area (TPSA) is 61.4 Å². The lowest BCUT2D eigenvalue weighted by Gasteiger charge is -2.10. The molecule has 0 bridgehead atoms. The average Bonchev–Trinajstić information content (AvgIpc) is 2.43. The van der Waals surface area contributed by atoms with Crippen LogP contribution >= 0.6 is 0 Å². The van der Waals surface area contributed by atoms with Crippen molar-refractivity contribution >= 4 is 17.4 Å². The van der Waals surface area contributed by atoms with Gasteiger partial charge in [0, 0.05) is 0 Å². The Balaban J connectivity index is 2.16. The van der Waals surface area contributed by atoms with E-state index in [0.29, 0.717) is 6.07 Å². The molecule has 0 spiro atoms. The normalized spacial score (nSPS) is 10.3. The molecule has 7 heteroatoms. The Hall–Kier alpha value is -2.70. The summed E-state index contributed by atoms with van der Waals surface area (Å²) in [5.74, 6) is -4.71. The van der Waals surface area contributed by atoms with Crippen molar-refractivity contribution in [3.05, 3.63) is 53.3 Å². The molecule has 4 nitrogen and oxygen atoms in total. The fourth-order valence-electron chi connectivity index (χ4n) is 1.65. The Labute approximate surface area is 118 Å². The van der Waals surface area contributed by atoms with Crippen LogP contribution in [-0.2, 0) is 0 Å². The first-order valence-corrected chi connectivity index (χ1v) is 5.89. The molecule has 0 fully saturated rings. The highest BCUT2D eigenvalue weighted by atomic mass is 19.2. The lowest BCUT2D eigenvalue weighted by Crippen LogP contribution is -2.20. The quantitative estimate of drug-likeness (QED) is 0.583. The molecule has 0 saturated carbocycles. The van der Waals surface area contributed by atoms with Crippen molar-refractivity contribution < 1.29 is 23.1 Å². The van der Waals surface area contributed by atoms with Gasteiger partial charge >= 0.3 is 6.03 Å². The molecular formula is C14H11F3N2O2. The number of nitrogens with one attached hydrogen (secondary N) is 2. The van der Waals surface area contributed by atoms with Crippen LogP contribution in [0, 0.1) is 24.4 Å². The minimum absolute atomic E-state index is 0.107. The largest absolute Gasteiger partial charge is 0.506 e. The summed E-state index contributed by atoms with van der Waals surface area (Å²) in [6.45, 7) is 1.75. The number of hydrogen-bond donors (Lipinski definition) is 3. The first-order valence-electron chi connectivity index (χ1n) is 5.89. The third-order valence-corrected chi connectivity index (χ3v) is 2.68. The van der Waals surface area contributed by atoms with E-state index in [2.05, 4.69) is 5.32 Å². The van der Waals surface area contributed by atoms with Gasteiger partial charge in [-0.15, -0.1) is 0 Å². The molecule has 0 aliphatic heterocycles. The van der Waals surface area contributed by atoms with Gasteiger partial charge < -0.3 is 15.7 Å². The summed E-state index contributed by atoms with van der Waals surface area (Å²) in [6.07, 6.45) is 0. The summed E-state index contributed by atoms with van der Waals surface area (Å²) in [5, 5.41) is 13.9. The summed E-state index contributed by atoms with van der Waals surface area (Å²) in [4.78, 5) is 11.7. The minimum atomic E-state index is -1.67. The van der Waals surface area contributed by atoms with Crippen LogP contribution in [0.1, 0.15) is 5.56 Å². The fraction of sp³-hybridized carbons (Fsp3) is 0.0714. The highest BCUT2D eigenvalue weighted by Gasteiger charge is 2.15. The van der Waals surface area contributed by atoms with Gasteiger partial charge in [-0.1, -0.05) is 6.07 Å². The number of carbonyl (C=O) groups is 1. The fourth-order valence-corrected chi connectivity index (χ4v) is 1.65. The number of anilines is 2. The van der Waals surface area contributed by atoms with Crippen molar-refractivity contribution in [3.8, 4) is 5.75 Å². The highest BCUT2D eigenvalue weighted by molar-refractivity contribution is 6.00. The second-order valence-corrected chi connectivity index (χ2v) is 4.32. The third kappa shape index (κ3) is 3.25. The van der Waals surface area contributed by atoms with Crippen LogP contribution < -0.4 is 10.6 Å². The van der Waals surface area contributed by atoms with Crippen molar-refractivity contribution in [3.63, 3.8) is 0 Å². The van der Waals surface area contributed by atoms with Gasteiger partial charge in [0.2, 0.25) is 0 Å². The number of hydrogen-bond acceptors (Lipinski definition) is 2. The molecule has 0 saturated heterocycles. The zero-order chi connectivity index (χ0) is 15.6. The molecule has 0 radical (unpaired) electrons. The lowest BCUT2D eigenvalue weighted by atomic mass is 10.2. The molecule has 0 atom stereocenters. The van der Waals surface area contributed by atoms with Crippen LogP contribution in [0.2, 0.25) is 0 Å². The molecule has 0 unspecified atom stereocenters. The first kappa shape index (κ1) is 14.7. The van der Waals surface area contributed by atoms with E-state index in [1.165, 1.54) is 12.1 Å². The van der Waals surface area contributed by atoms with Crippen LogP contribution in [0.4, 0.5) is 29.3 Å². The van der Waals surface area contributed by atoms with Crippen LogP contribution in [0.3, 0.4) is 0 Å². The number of amides is 2. The van der Waals surface area contributed by atoms with Crippen molar-refractivity contribution in [1.29, 1.82) is 0 Å². The van der Waals surface area contributed by atoms with Crippen LogP contribution in [0.5, 0.6) is 5.75 Å². The molecule has 21 heavy (non-hydrogen) atoms. The smallest absolute Gasteiger partial charge is 0.323 e. The van der Waals surface area contributed by atoms with Crippen LogP contribution in [0.15, 0.2) is 30.3 Å². The minimum Gasteiger partial charge on any atom is -0.506 e. The van der Waals surface area contributed by atoms with E-state index in [0.717, 1.165) is 11.6 Å². The molecule has 110 valence electrons. The second kappa shape index (κ2) is 5.74. The number of benzene rings is 2. The van der Waals surface area contributed by atoms with Gasteiger partial charge in [-0.2, -0.15) is 0 Å². The maximum absolute atomic E-state index is 13.4. The summed E-state index contributed by atoms with van der Waals surface area (Å²) in [5.41, 5.74) is 0.371. The zero-order valence-electron chi connectivity index (χ0n) is 10.9. The van der Waals surface area contributed by atoms with Gasteiger partial charge in [0.25, 0.3) is 0 Å². The molecule has 2 aromatic rings. The molecule has 2 rings (SSSR count). The van der Waals surface area contributed by atoms with Crippen molar-refractivity contribution in [2.45, 2.75) is 6.92 Å². The Morgan fingerprint density at radius 1 is 1.00 bits per heavy atom. The molecule has 2 amide bonds. The Bertz CT molecular complexity index is 705. The van der Waals surface area contributed by atoms with E-state index in [4.69, 9.17) is 0 Å². The van der Waals surface area contributed by atoms with Gasteiger partial charge in [-0.05, 0) is 36.8 Å². The molecule has 0 aromatic heterocycles. The Morgan fingerprint density at radius 3 is 2.38 bits per heavy atom. The van der Waals surface area contributed by atoms with E-state index >= 15 is 0 Å². The molecule has 2 aromatic carbocycles. The number of aryl methyl sites for hydroxylation is 1. The SMILES string of the molecule is Cc1ccc(O)c(NC(=O)Nc2ccc(F)c(F)c2F)c1. The van der Waals surface area contributed by atoms with E-state index in [-0.39, 0.29) is 11.4 Å². The van der Waals surface area contributed by atoms with E-state index in [1.807, 2.05) is 5.32 Å². The van der Waals surface area contributed by atoms with Crippen molar-refractivity contribution in [2.24, 2.45) is 0 Å². The number of halogens is 3. The van der Waals surface area contributed by atoms with Gasteiger partial charge in [0.15, 0.2) is 17.5 Å². The molecule has 0 aliphatic carbocycles. The molecule has 0 heterocycles. The summed E-state index contributed by atoms with van der Waals surface area (Å²) in [6, 6.07) is 5.19. The zero-order valence-corrected chi connectivity index (χ0v) is 10.9. The summed E-state index contributed by atoms with van der Waals surface area (Å²) in [7, 11) is 0. The number of urea groups is 1. The Morgan fingerprint density at radius 2 is 1.67 bits per heavy atom. The number of phenolic OH excluding ortho intramolecular Hbond substituents is 1. The van der Waals surface area contributed by atoms with Crippen LogP contribution in [0.25, 0.3) is 0 Å². The van der Waals surface area contributed by atoms with Gasteiger partial charge in [0.05, 0.1) is 11.4 Å². The van der Waals surface area contributed by atoms with E-state index in [9.17, 15) is 23.1 Å². The van der Waals surface area contributed by atoms with Crippen molar-refractivity contribution in [2.75, 3.05) is 10.6 Å². The third-order valence-electron chi connectivity index (χ3n) is 2.68. The molecule has 3 N–H and O–H groups in total. The molecule has 0 aliphatic rings. The highest BCUT2D eigenvalue weighted by Crippen LogP contribution is 2.24. The number of carbonyl (C=O) groups excluding carboxylic acids is 1. The maximum Gasteiger partial charge on any atom is 0.323 e. The van der Waals surface area contributed by atoms with Gasteiger partial charge in [0.1, 0.15) is 5.75 Å².